The van der Waals surface area contributed by atoms with Crippen molar-refractivity contribution in [1.29, 1.82) is 0 Å². The standard InChI is InChI=1S/C24H24ClN3O4S/c1-15(2)16-4-9-19(10-5-16)27-24(29)22-14-18(25)8-13-21(22)23(28-26)17-6-11-20(12-7-17)32-33(3,30)31/h4-15H,26H2,1-3H3,(H,27,29). The summed E-state index contributed by atoms with van der Waals surface area (Å²) >= 11 is 6.17. The van der Waals surface area contributed by atoms with Gasteiger partial charge in [-0.1, -0.05) is 43.6 Å². The second-order valence-electron chi connectivity index (χ2n) is 7.71. The highest BCUT2D eigenvalue weighted by atomic mass is 35.5. The average Bonchev–Trinajstić information content (AvgIpc) is 2.75. The molecule has 3 rings (SSSR count). The molecule has 0 fully saturated rings. The lowest BCUT2D eigenvalue weighted by Crippen LogP contribution is -2.18. The molecule has 0 aliphatic carbocycles. The Balaban J connectivity index is 1.92. The number of nitrogens with zero attached hydrogens (tertiary/aromatic N) is 1. The zero-order valence-corrected chi connectivity index (χ0v) is 19.9. The predicted octanol–water partition coefficient (Wildman–Crippen LogP) is 4.77. The number of halogens is 1. The molecule has 0 atom stereocenters. The zero-order chi connectivity index (χ0) is 24.2. The van der Waals surface area contributed by atoms with Gasteiger partial charge in [-0.25, -0.2) is 0 Å². The second-order valence-corrected chi connectivity index (χ2v) is 9.72. The molecule has 3 aromatic carbocycles. The summed E-state index contributed by atoms with van der Waals surface area (Å²) < 4.78 is 27.5. The van der Waals surface area contributed by atoms with Gasteiger partial charge in [-0.05, 0) is 60.0 Å². The molecule has 172 valence electrons. The number of nitrogens with two attached hydrogens (primary N) is 1. The first-order chi connectivity index (χ1) is 15.6. The SMILES string of the molecule is CC(C)c1ccc(NC(=O)c2cc(Cl)ccc2C(=NN)c2ccc(OS(C)(=O)=O)cc2)cc1. The maximum atomic E-state index is 13.1. The molecule has 0 aromatic heterocycles. The van der Waals surface area contributed by atoms with Crippen LogP contribution in [0.4, 0.5) is 5.69 Å². The Morgan fingerprint density at radius 1 is 1.00 bits per heavy atom. The van der Waals surface area contributed by atoms with Crippen molar-refractivity contribution in [2.24, 2.45) is 10.9 Å². The van der Waals surface area contributed by atoms with Gasteiger partial charge >= 0.3 is 10.1 Å². The first kappa shape index (κ1) is 24.3. The predicted molar refractivity (Wildman–Crippen MR) is 132 cm³/mol. The van der Waals surface area contributed by atoms with Crippen LogP contribution in [-0.2, 0) is 10.1 Å². The Morgan fingerprint density at radius 3 is 2.18 bits per heavy atom. The molecule has 7 nitrogen and oxygen atoms in total. The van der Waals surface area contributed by atoms with E-state index in [2.05, 4.69) is 24.3 Å². The summed E-state index contributed by atoms with van der Waals surface area (Å²) in [6.45, 7) is 4.19. The van der Waals surface area contributed by atoms with Crippen LogP contribution >= 0.6 is 11.6 Å². The smallest absolute Gasteiger partial charge is 0.306 e. The molecule has 0 unspecified atom stereocenters. The Hall–Kier alpha value is -3.36. The number of hydrazone groups is 1. The third kappa shape index (κ3) is 6.34. The Kier molecular flexibility index (Phi) is 7.40. The van der Waals surface area contributed by atoms with E-state index < -0.39 is 10.1 Å². The van der Waals surface area contributed by atoms with Gasteiger partial charge in [0.25, 0.3) is 5.91 Å². The fourth-order valence-electron chi connectivity index (χ4n) is 3.20. The van der Waals surface area contributed by atoms with E-state index in [0.29, 0.717) is 33.5 Å². The molecule has 0 aliphatic rings. The van der Waals surface area contributed by atoms with Crippen molar-refractivity contribution in [3.8, 4) is 5.75 Å². The van der Waals surface area contributed by atoms with Crippen LogP contribution in [0.3, 0.4) is 0 Å². The van der Waals surface area contributed by atoms with Gasteiger partial charge in [0.2, 0.25) is 0 Å². The third-order valence-electron chi connectivity index (χ3n) is 4.82. The molecular weight excluding hydrogens is 462 g/mol. The zero-order valence-electron chi connectivity index (χ0n) is 18.4. The fraction of sp³-hybridized carbons (Fsp3) is 0.167. The van der Waals surface area contributed by atoms with Crippen LogP contribution in [0.5, 0.6) is 5.75 Å². The van der Waals surface area contributed by atoms with Gasteiger partial charge in [0.15, 0.2) is 0 Å². The molecule has 0 aliphatic heterocycles. The monoisotopic (exact) mass is 485 g/mol. The van der Waals surface area contributed by atoms with Gasteiger partial charge in [-0.15, -0.1) is 0 Å². The van der Waals surface area contributed by atoms with E-state index in [1.54, 1.807) is 30.3 Å². The van der Waals surface area contributed by atoms with Crippen LogP contribution in [-0.4, -0.2) is 26.3 Å². The highest BCUT2D eigenvalue weighted by Gasteiger charge is 2.19. The van der Waals surface area contributed by atoms with Crippen LogP contribution in [0.2, 0.25) is 5.02 Å². The Morgan fingerprint density at radius 2 is 1.64 bits per heavy atom. The number of carbonyl (C=O) groups is 1. The lowest BCUT2D eigenvalue weighted by atomic mass is 9.96. The molecular formula is C24H24ClN3O4S. The number of anilines is 1. The van der Waals surface area contributed by atoms with E-state index >= 15 is 0 Å². The first-order valence-electron chi connectivity index (χ1n) is 10.1. The van der Waals surface area contributed by atoms with E-state index in [0.717, 1.165) is 11.8 Å². The van der Waals surface area contributed by atoms with E-state index in [-0.39, 0.29) is 17.2 Å². The van der Waals surface area contributed by atoms with Gasteiger partial charge in [-0.2, -0.15) is 13.5 Å². The Bertz CT molecular complexity index is 1290. The van der Waals surface area contributed by atoms with Crippen molar-refractivity contribution in [1.82, 2.24) is 0 Å². The van der Waals surface area contributed by atoms with Gasteiger partial charge in [0.1, 0.15) is 5.75 Å². The highest BCUT2D eigenvalue weighted by molar-refractivity contribution is 7.86. The summed E-state index contributed by atoms with van der Waals surface area (Å²) in [7, 11) is -3.65. The van der Waals surface area contributed by atoms with Crippen molar-refractivity contribution in [3.05, 3.63) is 94.0 Å². The van der Waals surface area contributed by atoms with E-state index in [9.17, 15) is 13.2 Å². The van der Waals surface area contributed by atoms with E-state index in [1.807, 2.05) is 24.3 Å². The van der Waals surface area contributed by atoms with Crippen molar-refractivity contribution in [2.45, 2.75) is 19.8 Å². The average molecular weight is 486 g/mol. The van der Waals surface area contributed by atoms with Crippen LogP contribution in [0.15, 0.2) is 71.8 Å². The number of hydrogen-bond donors (Lipinski definition) is 2. The molecule has 0 bridgehead atoms. The summed E-state index contributed by atoms with van der Waals surface area (Å²) in [6.07, 6.45) is 0.961. The minimum atomic E-state index is -3.65. The number of benzene rings is 3. The molecule has 3 aromatic rings. The van der Waals surface area contributed by atoms with Crippen LogP contribution < -0.4 is 15.3 Å². The van der Waals surface area contributed by atoms with Gasteiger partial charge in [-0.3, -0.25) is 4.79 Å². The van der Waals surface area contributed by atoms with Crippen LogP contribution in [0, 0.1) is 0 Å². The molecule has 0 saturated heterocycles. The lowest BCUT2D eigenvalue weighted by molar-refractivity contribution is 0.102. The quantitative estimate of drug-likeness (QED) is 0.217. The summed E-state index contributed by atoms with van der Waals surface area (Å²) in [6, 6.07) is 18.6. The maximum absolute atomic E-state index is 13.1. The molecule has 1 amide bonds. The van der Waals surface area contributed by atoms with Crippen LogP contribution in [0.1, 0.15) is 46.8 Å². The summed E-state index contributed by atoms with van der Waals surface area (Å²) in [4.78, 5) is 13.1. The maximum Gasteiger partial charge on any atom is 0.306 e. The summed E-state index contributed by atoms with van der Waals surface area (Å²) in [5.41, 5.74) is 3.46. The second kappa shape index (κ2) is 10.1. The normalized spacial score (nSPS) is 12.0. The number of carbonyl (C=O) groups excluding carboxylic acids is 1. The topological polar surface area (TPSA) is 111 Å². The van der Waals surface area contributed by atoms with E-state index in [1.165, 1.54) is 12.1 Å². The van der Waals surface area contributed by atoms with E-state index in [4.69, 9.17) is 21.6 Å². The molecule has 9 heteroatoms. The minimum absolute atomic E-state index is 0.150. The Labute approximate surface area is 198 Å². The van der Waals surface area contributed by atoms with Crippen molar-refractivity contribution in [3.63, 3.8) is 0 Å². The van der Waals surface area contributed by atoms with Gasteiger partial charge < -0.3 is 15.3 Å². The van der Waals surface area contributed by atoms with Crippen LogP contribution in [0.25, 0.3) is 0 Å². The molecule has 0 saturated carbocycles. The lowest BCUT2D eigenvalue weighted by Gasteiger charge is -2.14. The molecule has 0 radical (unpaired) electrons. The number of nitrogens with one attached hydrogen (secondary N) is 1. The number of rotatable bonds is 7. The van der Waals surface area contributed by atoms with Crippen molar-refractivity contribution < 1.29 is 17.4 Å². The molecule has 3 N–H and O–H groups in total. The minimum Gasteiger partial charge on any atom is -0.383 e. The first-order valence-corrected chi connectivity index (χ1v) is 12.3. The number of amides is 1. The molecule has 0 spiro atoms. The molecule has 33 heavy (non-hydrogen) atoms. The number of hydrogen-bond acceptors (Lipinski definition) is 6. The fourth-order valence-corrected chi connectivity index (χ4v) is 3.84. The molecule has 0 heterocycles. The highest BCUT2D eigenvalue weighted by Crippen LogP contribution is 2.24. The van der Waals surface area contributed by atoms with Crippen molar-refractivity contribution in [2.75, 3.05) is 11.6 Å². The summed E-state index contributed by atoms with van der Waals surface area (Å²) in [5, 5.41) is 7.14. The third-order valence-corrected chi connectivity index (χ3v) is 5.55. The van der Waals surface area contributed by atoms with Gasteiger partial charge in [0, 0.05) is 21.8 Å². The largest absolute Gasteiger partial charge is 0.383 e. The summed E-state index contributed by atoms with van der Waals surface area (Å²) in [5.74, 6) is 5.84. The van der Waals surface area contributed by atoms with Gasteiger partial charge in [0.05, 0.1) is 17.5 Å². The van der Waals surface area contributed by atoms with Crippen molar-refractivity contribution >= 4 is 39.0 Å².